The molecule has 1 aromatic rings. The van der Waals surface area contributed by atoms with Gasteiger partial charge in [-0.05, 0) is 39.3 Å². The first-order valence-electron chi connectivity index (χ1n) is 8.83. The van der Waals surface area contributed by atoms with E-state index in [9.17, 15) is 9.59 Å². The fourth-order valence-corrected chi connectivity index (χ4v) is 3.00. The molecule has 1 aromatic carbocycles. The first-order chi connectivity index (χ1) is 11.5. The van der Waals surface area contributed by atoms with Gasteiger partial charge < -0.3 is 5.32 Å². The van der Waals surface area contributed by atoms with Crippen molar-refractivity contribution in [1.29, 1.82) is 0 Å². The Bertz CT molecular complexity index is 550. The monoisotopic (exact) mass is 331 g/mol. The Morgan fingerprint density at radius 3 is 2.42 bits per heavy atom. The minimum absolute atomic E-state index is 0.201. The average molecular weight is 331 g/mol. The Balaban J connectivity index is 1.79. The number of aryl methyl sites for hydroxylation is 1. The van der Waals surface area contributed by atoms with Gasteiger partial charge in [-0.25, -0.2) is 4.79 Å². The van der Waals surface area contributed by atoms with Crippen LogP contribution in [-0.4, -0.2) is 36.0 Å². The number of hydrogen-bond acceptors (Lipinski definition) is 3. The Morgan fingerprint density at radius 2 is 1.79 bits per heavy atom. The molecule has 1 aliphatic rings. The second-order valence-electron chi connectivity index (χ2n) is 6.87. The third-order valence-electron chi connectivity index (χ3n) is 4.77. The predicted molar refractivity (Wildman–Crippen MR) is 95.7 cm³/mol. The molecular formula is C19H29N3O2. The SMILES string of the molecule is Cc1ccc(CN(C)[C@H](C)C(=O)NC(=O)NC2CCCCC2)cc1. The Morgan fingerprint density at radius 1 is 1.17 bits per heavy atom. The Labute approximate surface area is 144 Å². The van der Waals surface area contributed by atoms with Crippen LogP contribution in [0.25, 0.3) is 0 Å². The van der Waals surface area contributed by atoms with Crippen molar-refractivity contribution in [2.45, 2.75) is 64.6 Å². The molecule has 1 atom stereocenters. The lowest BCUT2D eigenvalue weighted by molar-refractivity contribution is -0.124. The fraction of sp³-hybridized carbons (Fsp3) is 0.579. The van der Waals surface area contributed by atoms with Crippen molar-refractivity contribution in [3.05, 3.63) is 35.4 Å². The van der Waals surface area contributed by atoms with Gasteiger partial charge in [0, 0.05) is 12.6 Å². The first kappa shape index (κ1) is 18.5. The third kappa shape index (κ3) is 5.64. The van der Waals surface area contributed by atoms with E-state index < -0.39 is 0 Å². The molecule has 0 spiro atoms. The second kappa shape index (κ2) is 8.83. The van der Waals surface area contributed by atoms with Crippen LogP contribution in [-0.2, 0) is 11.3 Å². The number of urea groups is 1. The zero-order chi connectivity index (χ0) is 17.5. The highest BCUT2D eigenvalue weighted by molar-refractivity contribution is 5.96. The van der Waals surface area contributed by atoms with Crippen LogP contribution in [0.3, 0.4) is 0 Å². The number of carbonyl (C=O) groups is 2. The van der Waals surface area contributed by atoms with Crippen LogP contribution < -0.4 is 10.6 Å². The van der Waals surface area contributed by atoms with Crippen LogP contribution in [0.5, 0.6) is 0 Å². The number of benzene rings is 1. The van der Waals surface area contributed by atoms with Crippen molar-refractivity contribution < 1.29 is 9.59 Å². The number of imide groups is 1. The average Bonchev–Trinajstić information content (AvgIpc) is 2.57. The quantitative estimate of drug-likeness (QED) is 0.872. The number of nitrogens with one attached hydrogen (secondary N) is 2. The molecule has 0 aromatic heterocycles. The highest BCUT2D eigenvalue weighted by atomic mass is 16.2. The molecule has 0 saturated heterocycles. The molecule has 3 amide bonds. The lowest BCUT2D eigenvalue weighted by atomic mass is 9.96. The topological polar surface area (TPSA) is 61.4 Å². The molecule has 0 radical (unpaired) electrons. The number of carbonyl (C=O) groups excluding carboxylic acids is 2. The third-order valence-corrected chi connectivity index (χ3v) is 4.77. The van der Waals surface area contributed by atoms with Crippen molar-refractivity contribution in [1.82, 2.24) is 15.5 Å². The van der Waals surface area contributed by atoms with Gasteiger partial charge in [-0.1, -0.05) is 49.1 Å². The van der Waals surface area contributed by atoms with Gasteiger partial charge in [0.1, 0.15) is 0 Å². The second-order valence-corrected chi connectivity index (χ2v) is 6.87. The van der Waals surface area contributed by atoms with Gasteiger partial charge in [0.2, 0.25) is 5.91 Å². The molecule has 132 valence electrons. The number of likely N-dealkylation sites (N-methyl/N-ethyl adjacent to an activating group) is 1. The summed E-state index contributed by atoms with van der Waals surface area (Å²) in [6, 6.07) is 7.70. The molecule has 24 heavy (non-hydrogen) atoms. The number of amides is 3. The highest BCUT2D eigenvalue weighted by Crippen LogP contribution is 2.17. The van der Waals surface area contributed by atoms with Crippen molar-refractivity contribution in [3.8, 4) is 0 Å². The predicted octanol–water partition coefficient (Wildman–Crippen LogP) is 2.97. The van der Waals surface area contributed by atoms with Gasteiger partial charge in [0.05, 0.1) is 6.04 Å². The molecule has 0 bridgehead atoms. The maximum absolute atomic E-state index is 12.3. The fourth-order valence-electron chi connectivity index (χ4n) is 3.00. The van der Waals surface area contributed by atoms with Crippen molar-refractivity contribution in [2.24, 2.45) is 0 Å². The van der Waals surface area contributed by atoms with Gasteiger partial charge >= 0.3 is 6.03 Å². The summed E-state index contributed by atoms with van der Waals surface area (Å²) in [7, 11) is 1.89. The lowest BCUT2D eigenvalue weighted by Gasteiger charge is -2.25. The molecule has 1 fully saturated rings. The van der Waals surface area contributed by atoms with E-state index in [1.807, 2.05) is 18.9 Å². The van der Waals surface area contributed by atoms with Gasteiger partial charge in [0.15, 0.2) is 0 Å². The molecule has 0 aliphatic heterocycles. The van der Waals surface area contributed by atoms with E-state index in [1.54, 1.807) is 0 Å². The smallest absolute Gasteiger partial charge is 0.321 e. The van der Waals surface area contributed by atoms with Crippen molar-refractivity contribution >= 4 is 11.9 Å². The van der Waals surface area contributed by atoms with Gasteiger partial charge in [-0.3, -0.25) is 15.0 Å². The largest absolute Gasteiger partial charge is 0.335 e. The zero-order valence-corrected chi connectivity index (χ0v) is 15.0. The molecule has 0 heterocycles. The van der Waals surface area contributed by atoms with Gasteiger partial charge in [-0.2, -0.15) is 0 Å². The Hall–Kier alpha value is -1.88. The van der Waals surface area contributed by atoms with Crippen LogP contribution in [0.15, 0.2) is 24.3 Å². The van der Waals surface area contributed by atoms with E-state index in [1.165, 1.54) is 12.0 Å². The summed E-state index contributed by atoms with van der Waals surface area (Å²) in [6.07, 6.45) is 5.54. The minimum atomic E-state index is -0.373. The summed E-state index contributed by atoms with van der Waals surface area (Å²) in [5.41, 5.74) is 2.36. The summed E-state index contributed by atoms with van der Waals surface area (Å²) in [4.78, 5) is 26.2. The van der Waals surface area contributed by atoms with Crippen molar-refractivity contribution in [3.63, 3.8) is 0 Å². The highest BCUT2D eigenvalue weighted by Gasteiger charge is 2.22. The molecule has 1 aliphatic carbocycles. The van der Waals surface area contributed by atoms with E-state index in [2.05, 4.69) is 41.8 Å². The Kier molecular flexibility index (Phi) is 6.79. The summed E-state index contributed by atoms with van der Waals surface area (Å²) in [5.74, 6) is -0.266. The molecule has 0 unspecified atom stereocenters. The summed E-state index contributed by atoms with van der Waals surface area (Å²) in [6.45, 7) is 4.53. The van der Waals surface area contributed by atoms with E-state index in [0.29, 0.717) is 6.54 Å². The summed E-state index contributed by atoms with van der Waals surface area (Å²) < 4.78 is 0. The molecule has 2 N–H and O–H groups in total. The normalized spacial score (nSPS) is 16.7. The zero-order valence-electron chi connectivity index (χ0n) is 15.0. The van der Waals surface area contributed by atoms with Crippen LogP contribution >= 0.6 is 0 Å². The molecule has 2 rings (SSSR count). The van der Waals surface area contributed by atoms with Crippen molar-refractivity contribution in [2.75, 3.05) is 7.05 Å². The van der Waals surface area contributed by atoms with Gasteiger partial charge in [-0.15, -0.1) is 0 Å². The van der Waals surface area contributed by atoms with Crippen LogP contribution in [0, 0.1) is 6.92 Å². The summed E-state index contributed by atoms with van der Waals surface area (Å²) >= 11 is 0. The van der Waals surface area contributed by atoms with E-state index in [0.717, 1.165) is 31.2 Å². The minimum Gasteiger partial charge on any atom is -0.335 e. The maximum Gasteiger partial charge on any atom is 0.321 e. The summed E-state index contributed by atoms with van der Waals surface area (Å²) in [5, 5.41) is 5.38. The van der Waals surface area contributed by atoms with E-state index in [-0.39, 0.29) is 24.0 Å². The van der Waals surface area contributed by atoms with Crippen LogP contribution in [0.2, 0.25) is 0 Å². The number of rotatable bonds is 5. The van der Waals surface area contributed by atoms with Gasteiger partial charge in [0.25, 0.3) is 0 Å². The molecule has 5 nitrogen and oxygen atoms in total. The first-order valence-corrected chi connectivity index (χ1v) is 8.83. The van der Waals surface area contributed by atoms with Crippen LogP contribution in [0.4, 0.5) is 4.79 Å². The standard InChI is InChI=1S/C19H29N3O2/c1-14-9-11-16(12-10-14)13-22(3)15(2)18(23)21-19(24)20-17-7-5-4-6-8-17/h9-12,15,17H,4-8,13H2,1-3H3,(H2,20,21,23,24)/t15-/m1/s1. The lowest BCUT2D eigenvalue weighted by Crippen LogP contribution is -2.50. The molecular weight excluding hydrogens is 302 g/mol. The van der Waals surface area contributed by atoms with E-state index in [4.69, 9.17) is 0 Å². The maximum atomic E-state index is 12.3. The number of hydrogen-bond donors (Lipinski definition) is 2. The molecule has 5 heteroatoms. The van der Waals surface area contributed by atoms with E-state index >= 15 is 0 Å². The number of nitrogens with zero attached hydrogens (tertiary/aromatic N) is 1. The van der Waals surface area contributed by atoms with Crippen LogP contribution in [0.1, 0.15) is 50.2 Å². The molecule has 1 saturated carbocycles.